The van der Waals surface area contributed by atoms with E-state index < -0.39 is 0 Å². The number of nitrogens with one attached hydrogen (secondary N) is 1. The minimum Gasteiger partial charge on any atom is -0.363 e. The second-order valence-electron chi connectivity index (χ2n) is 6.06. The van der Waals surface area contributed by atoms with Crippen molar-refractivity contribution < 1.29 is 0 Å². The Hall–Kier alpha value is -3.19. The second kappa shape index (κ2) is 7.59. The Morgan fingerprint density at radius 2 is 1.67 bits per heavy atom. The van der Waals surface area contributed by atoms with Crippen molar-refractivity contribution in [3.05, 3.63) is 71.1 Å². The van der Waals surface area contributed by atoms with Crippen molar-refractivity contribution >= 4 is 17.2 Å². The van der Waals surface area contributed by atoms with Gasteiger partial charge in [-0.2, -0.15) is 0 Å². The second-order valence-corrected chi connectivity index (χ2v) is 7.12. The van der Waals surface area contributed by atoms with Gasteiger partial charge in [-0.05, 0) is 26.0 Å². The highest BCUT2D eigenvalue weighted by Gasteiger charge is 2.11. The zero-order valence-corrected chi connectivity index (χ0v) is 15.9. The van der Waals surface area contributed by atoms with Gasteiger partial charge in [0.1, 0.15) is 15.8 Å². The van der Waals surface area contributed by atoms with Gasteiger partial charge < -0.3 is 5.32 Å². The molecular weight excluding hydrogens is 356 g/mol. The molecule has 0 spiro atoms. The van der Waals surface area contributed by atoms with Gasteiger partial charge in [-0.3, -0.25) is 4.98 Å². The molecule has 134 valence electrons. The van der Waals surface area contributed by atoms with Crippen molar-refractivity contribution in [3.8, 4) is 22.0 Å². The van der Waals surface area contributed by atoms with Crippen LogP contribution in [0.3, 0.4) is 0 Å². The third-order valence-electron chi connectivity index (χ3n) is 4.22. The van der Waals surface area contributed by atoms with Crippen molar-refractivity contribution in [1.29, 1.82) is 0 Å². The topological polar surface area (TPSA) is 76.5 Å². The van der Waals surface area contributed by atoms with E-state index >= 15 is 0 Å². The summed E-state index contributed by atoms with van der Waals surface area (Å²) in [5.74, 6) is 1.50. The average molecular weight is 374 g/mol. The van der Waals surface area contributed by atoms with Crippen molar-refractivity contribution in [2.24, 2.45) is 0 Å². The number of anilines is 1. The maximum atomic E-state index is 4.69. The number of nitrogens with zero attached hydrogens (tertiary/aromatic N) is 5. The quantitative estimate of drug-likeness (QED) is 0.562. The van der Waals surface area contributed by atoms with E-state index in [2.05, 4.69) is 30.5 Å². The Balaban J connectivity index is 1.55. The van der Waals surface area contributed by atoms with E-state index in [0.717, 1.165) is 38.2 Å². The van der Waals surface area contributed by atoms with E-state index in [1.807, 2.05) is 56.3 Å². The molecule has 0 saturated heterocycles. The molecule has 7 heteroatoms. The number of hydrogen-bond acceptors (Lipinski definition) is 7. The van der Waals surface area contributed by atoms with Gasteiger partial charge in [-0.15, -0.1) is 10.2 Å². The summed E-state index contributed by atoms with van der Waals surface area (Å²) < 4.78 is 0. The van der Waals surface area contributed by atoms with Crippen LogP contribution < -0.4 is 5.32 Å². The maximum absolute atomic E-state index is 4.69. The number of pyridine rings is 1. The Kier molecular flexibility index (Phi) is 4.84. The van der Waals surface area contributed by atoms with E-state index in [-0.39, 0.29) is 0 Å². The molecule has 0 saturated carbocycles. The minimum absolute atomic E-state index is 0.567. The highest BCUT2D eigenvalue weighted by molar-refractivity contribution is 7.14. The van der Waals surface area contributed by atoms with E-state index in [0.29, 0.717) is 12.4 Å². The van der Waals surface area contributed by atoms with Crippen LogP contribution in [-0.4, -0.2) is 25.1 Å². The molecule has 4 rings (SSSR count). The summed E-state index contributed by atoms with van der Waals surface area (Å²) in [6, 6.07) is 13.9. The minimum atomic E-state index is 0.567. The molecule has 0 unspecified atom stereocenters. The molecule has 4 aromatic rings. The number of hydrogen-bond donors (Lipinski definition) is 1. The molecule has 0 bridgehead atoms. The van der Waals surface area contributed by atoms with E-state index in [1.165, 1.54) is 0 Å². The monoisotopic (exact) mass is 374 g/mol. The van der Waals surface area contributed by atoms with Gasteiger partial charge in [-0.1, -0.05) is 41.7 Å². The number of rotatable bonds is 5. The molecule has 0 atom stereocenters. The normalized spacial score (nSPS) is 10.7. The molecular formula is C20H18N6S. The van der Waals surface area contributed by atoms with E-state index in [1.54, 1.807) is 23.7 Å². The first-order valence-electron chi connectivity index (χ1n) is 8.58. The number of aromatic nitrogens is 5. The molecule has 1 aromatic carbocycles. The van der Waals surface area contributed by atoms with Crippen LogP contribution >= 0.6 is 11.3 Å². The van der Waals surface area contributed by atoms with Gasteiger partial charge in [-0.25, -0.2) is 9.97 Å². The first-order valence-corrected chi connectivity index (χ1v) is 9.39. The van der Waals surface area contributed by atoms with Gasteiger partial charge in [0.15, 0.2) is 5.82 Å². The van der Waals surface area contributed by atoms with Crippen LogP contribution in [0.15, 0.2) is 54.9 Å². The zero-order valence-electron chi connectivity index (χ0n) is 15.0. The smallest absolute Gasteiger partial charge is 0.161 e. The Bertz CT molecular complexity index is 1050. The van der Waals surface area contributed by atoms with Crippen molar-refractivity contribution in [1.82, 2.24) is 25.1 Å². The number of benzene rings is 1. The van der Waals surface area contributed by atoms with E-state index in [9.17, 15) is 0 Å². The summed E-state index contributed by atoms with van der Waals surface area (Å²) >= 11 is 1.58. The Morgan fingerprint density at radius 1 is 0.889 bits per heavy atom. The molecule has 0 amide bonds. The first-order chi connectivity index (χ1) is 13.2. The predicted molar refractivity (Wildman–Crippen MR) is 107 cm³/mol. The predicted octanol–water partition coefficient (Wildman–Crippen LogP) is 4.29. The van der Waals surface area contributed by atoms with Gasteiger partial charge in [0.05, 0.1) is 6.54 Å². The SMILES string of the molecule is Cc1nc(-c2ccncc2)nc(NCc2nnc(-c3ccccc3)s2)c1C. The molecule has 3 aromatic heterocycles. The summed E-state index contributed by atoms with van der Waals surface area (Å²) in [6.07, 6.45) is 3.49. The van der Waals surface area contributed by atoms with Crippen LogP contribution in [0.2, 0.25) is 0 Å². The van der Waals surface area contributed by atoms with Crippen LogP contribution in [-0.2, 0) is 6.54 Å². The summed E-state index contributed by atoms with van der Waals surface area (Å²) in [5, 5.41) is 13.8. The van der Waals surface area contributed by atoms with Crippen molar-refractivity contribution in [3.63, 3.8) is 0 Å². The van der Waals surface area contributed by atoms with Gasteiger partial charge in [0, 0.05) is 34.8 Å². The summed E-state index contributed by atoms with van der Waals surface area (Å²) in [5.41, 5.74) is 4.00. The molecule has 3 heterocycles. The zero-order chi connectivity index (χ0) is 18.6. The summed E-state index contributed by atoms with van der Waals surface area (Å²) in [6.45, 7) is 4.58. The molecule has 0 aliphatic heterocycles. The fraction of sp³-hybridized carbons (Fsp3) is 0.150. The molecule has 27 heavy (non-hydrogen) atoms. The lowest BCUT2D eigenvalue weighted by molar-refractivity contribution is 0.973. The highest BCUT2D eigenvalue weighted by atomic mass is 32.1. The largest absolute Gasteiger partial charge is 0.363 e. The lowest BCUT2D eigenvalue weighted by Crippen LogP contribution is -2.07. The third kappa shape index (κ3) is 3.83. The third-order valence-corrected chi connectivity index (χ3v) is 5.19. The molecule has 1 N–H and O–H groups in total. The van der Waals surface area contributed by atoms with Gasteiger partial charge in [0.25, 0.3) is 0 Å². The van der Waals surface area contributed by atoms with Gasteiger partial charge in [0.2, 0.25) is 0 Å². The summed E-state index contributed by atoms with van der Waals surface area (Å²) in [4.78, 5) is 13.3. The number of aryl methyl sites for hydroxylation is 1. The lowest BCUT2D eigenvalue weighted by Gasteiger charge is -2.11. The molecule has 0 fully saturated rings. The van der Waals surface area contributed by atoms with Crippen LogP contribution in [0, 0.1) is 13.8 Å². The van der Waals surface area contributed by atoms with Crippen LogP contribution in [0.4, 0.5) is 5.82 Å². The van der Waals surface area contributed by atoms with Crippen molar-refractivity contribution in [2.45, 2.75) is 20.4 Å². The fourth-order valence-corrected chi connectivity index (χ4v) is 3.40. The molecule has 6 nitrogen and oxygen atoms in total. The molecule has 0 aliphatic carbocycles. The average Bonchev–Trinajstić information content (AvgIpc) is 3.19. The molecule has 0 aliphatic rings. The van der Waals surface area contributed by atoms with E-state index in [4.69, 9.17) is 0 Å². The highest BCUT2D eigenvalue weighted by Crippen LogP contribution is 2.25. The standard InChI is InChI=1S/C20H18N6S/c1-13-14(2)23-19(15-8-10-21-11-9-15)24-18(13)22-12-17-25-26-20(27-17)16-6-4-3-5-7-16/h3-11H,12H2,1-2H3,(H,22,23,24). The lowest BCUT2D eigenvalue weighted by atomic mass is 10.2. The van der Waals surface area contributed by atoms with Gasteiger partial charge >= 0.3 is 0 Å². The summed E-state index contributed by atoms with van der Waals surface area (Å²) in [7, 11) is 0. The Morgan fingerprint density at radius 3 is 2.44 bits per heavy atom. The van der Waals surface area contributed by atoms with Crippen molar-refractivity contribution in [2.75, 3.05) is 5.32 Å². The van der Waals surface area contributed by atoms with Crippen LogP contribution in [0.1, 0.15) is 16.3 Å². The Labute approximate surface area is 161 Å². The fourth-order valence-electron chi connectivity index (χ4n) is 2.61. The van der Waals surface area contributed by atoms with Crippen LogP contribution in [0.25, 0.3) is 22.0 Å². The van der Waals surface area contributed by atoms with Crippen LogP contribution in [0.5, 0.6) is 0 Å². The maximum Gasteiger partial charge on any atom is 0.161 e. The molecule has 0 radical (unpaired) electrons. The first kappa shape index (κ1) is 17.2.